The Morgan fingerprint density at radius 2 is 1.43 bits per heavy atom. The molecule has 2 aromatic rings. The van der Waals surface area contributed by atoms with Crippen molar-refractivity contribution >= 4 is 5.97 Å². The van der Waals surface area contributed by atoms with Crippen molar-refractivity contribution in [2.75, 3.05) is 6.61 Å². The van der Waals surface area contributed by atoms with Crippen molar-refractivity contribution in [1.82, 2.24) is 0 Å². The highest BCUT2D eigenvalue weighted by Crippen LogP contribution is 2.31. The Morgan fingerprint density at radius 3 is 2.07 bits per heavy atom. The van der Waals surface area contributed by atoms with Crippen molar-refractivity contribution in [1.29, 1.82) is 0 Å². The van der Waals surface area contributed by atoms with Gasteiger partial charge < -0.3 is 9.47 Å². The van der Waals surface area contributed by atoms with Gasteiger partial charge in [-0.2, -0.15) is 0 Å². The molecule has 0 amide bonds. The zero-order chi connectivity index (χ0) is 30.0. The molecule has 2 aromatic carbocycles. The van der Waals surface area contributed by atoms with Gasteiger partial charge in [-0.25, -0.2) is 13.6 Å². The molecule has 0 N–H and O–H groups in total. The minimum Gasteiger partial charge on any atom is -0.491 e. The molecular weight excluding hydrogens is 530 g/mol. The Morgan fingerprint density at radius 1 is 0.810 bits per heavy atom. The van der Waals surface area contributed by atoms with Crippen LogP contribution in [0.1, 0.15) is 129 Å². The standard InChI is InChI=1S/C37H54F2O3/c1-3-5-7-8-9-10-11-12-13-27-41-36-26-23-32(28-35(36)39)31-21-17-29(18-22-31)15-16-30-19-24-33(25-20-30)42-37(40)34(38)14-6-4-2/h17-18,21-23,26,28,30,33-34H,3-16,19-20,24-25,27H2,1-2H3/t30-,33-,34-/m0/s1. The largest absolute Gasteiger partial charge is 0.491 e. The van der Waals surface area contributed by atoms with Crippen LogP contribution in [-0.2, 0) is 16.0 Å². The van der Waals surface area contributed by atoms with E-state index in [1.165, 1.54) is 50.5 Å². The first-order valence-electron chi connectivity index (χ1n) is 16.9. The number of carbonyl (C=O) groups excluding carboxylic acids is 1. The van der Waals surface area contributed by atoms with Crippen LogP contribution >= 0.6 is 0 Å². The summed E-state index contributed by atoms with van der Waals surface area (Å²) in [5, 5.41) is 0. The van der Waals surface area contributed by atoms with Crippen LogP contribution in [-0.4, -0.2) is 24.9 Å². The maximum atomic E-state index is 14.7. The minimum atomic E-state index is -1.48. The summed E-state index contributed by atoms with van der Waals surface area (Å²) in [5.41, 5.74) is 3.12. The molecule has 3 rings (SSSR count). The fourth-order valence-corrected chi connectivity index (χ4v) is 5.90. The Labute approximate surface area is 253 Å². The molecule has 0 saturated heterocycles. The van der Waals surface area contributed by atoms with E-state index < -0.39 is 12.1 Å². The summed E-state index contributed by atoms with van der Waals surface area (Å²) in [4.78, 5) is 12.0. The smallest absolute Gasteiger partial charge is 0.340 e. The fourth-order valence-electron chi connectivity index (χ4n) is 5.90. The summed E-state index contributed by atoms with van der Waals surface area (Å²) in [6, 6.07) is 13.6. The van der Waals surface area contributed by atoms with Gasteiger partial charge in [-0.1, -0.05) is 108 Å². The summed E-state index contributed by atoms with van der Waals surface area (Å²) < 4.78 is 39.8. The molecule has 3 nitrogen and oxygen atoms in total. The first kappa shape index (κ1) is 34.1. The van der Waals surface area contributed by atoms with Crippen LogP contribution < -0.4 is 4.74 Å². The number of rotatable bonds is 20. The van der Waals surface area contributed by atoms with E-state index in [1.54, 1.807) is 12.1 Å². The highest BCUT2D eigenvalue weighted by atomic mass is 19.1. The van der Waals surface area contributed by atoms with E-state index in [0.717, 1.165) is 68.9 Å². The van der Waals surface area contributed by atoms with Gasteiger partial charge in [-0.15, -0.1) is 0 Å². The lowest BCUT2D eigenvalue weighted by molar-refractivity contribution is -0.157. The van der Waals surface area contributed by atoms with Crippen molar-refractivity contribution in [3.63, 3.8) is 0 Å². The van der Waals surface area contributed by atoms with E-state index in [0.29, 0.717) is 24.7 Å². The maximum Gasteiger partial charge on any atom is 0.340 e. The van der Waals surface area contributed by atoms with Crippen molar-refractivity contribution in [3.8, 4) is 16.9 Å². The lowest BCUT2D eigenvalue weighted by Gasteiger charge is -2.28. The number of hydrogen-bond acceptors (Lipinski definition) is 3. The zero-order valence-corrected chi connectivity index (χ0v) is 26.2. The second-order valence-electron chi connectivity index (χ2n) is 12.2. The number of aryl methyl sites for hydroxylation is 1. The molecule has 234 valence electrons. The van der Waals surface area contributed by atoms with Gasteiger partial charge in [0.1, 0.15) is 6.10 Å². The molecule has 42 heavy (non-hydrogen) atoms. The second-order valence-corrected chi connectivity index (χ2v) is 12.2. The van der Waals surface area contributed by atoms with Crippen molar-refractivity contribution < 1.29 is 23.0 Å². The molecule has 0 spiro atoms. The molecular formula is C37H54F2O3. The number of esters is 1. The third-order valence-corrected chi connectivity index (χ3v) is 8.71. The molecule has 1 atom stereocenters. The van der Waals surface area contributed by atoms with Crippen molar-refractivity contribution in [2.45, 2.75) is 142 Å². The van der Waals surface area contributed by atoms with Gasteiger partial charge in [0.25, 0.3) is 0 Å². The number of unbranched alkanes of at least 4 members (excludes halogenated alkanes) is 9. The van der Waals surface area contributed by atoms with Crippen LogP contribution in [0.15, 0.2) is 42.5 Å². The summed E-state index contributed by atoms with van der Waals surface area (Å²) in [7, 11) is 0. The first-order valence-corrected chi connectivity index (χ1v) is 16.9. The lowest BCUT2D eigenvalue weighted by Crippen LogP contribution is -2.29. The predicted octanol–water partition coefficient (Wildman–Crippen LogP) is 11.0. The van der Waals surface area contributed by atoms with E-state index in [-0.39, 0.29) is 18.3 Å². The maximum absolute atomic E-state index is 14.7. The number of hydrogen-bond donors (Lipinski definition) is 0. The molecule has 0 aromatic heterocycles. The van der Waals surface area contributed by atoms with Crippen LogP contribution in [0.2, 0.25) is 0 Å². The number of ether oxygens (including phenoxy) is 2. The van der Waals surface area contributed by atoms with Crippen LogP contribution in [0.4, 0.5) is 8.78 Å². The Hall–Kier alpha value is -2.43. The van der Waals surface area contributed by atoms with E-state index in [4.69, 9.17) is 9.47 Å². The van der Waals surface area contributed by atoms with E-state index >= 15 is 0 Å². The molecule has 0 heterocycles. The molecule has 0 bridgehead atoms. The van der Waals surface area contributed by atoms with Crippen LogP contribution in [0.3, 0.4) is 0 Å². The number of alkyl halides is 1. The first-order chi connectivity index (χ1) is 20.5. The van der Waals surface area contributed by atoms with Crippen molar-refractivity contribution in [3.05, 3.63) is 53.8 Å². The Kier molecular flexibility index (Phi) is 16.0. The predicted molar refractivity (Wildman–Crippen MR) is 169 cm³/mol. The third kappa shape index (κ3) is 12.4. The van der Waals surface area contributed by atoms with Crippen LogP contribution in [0, 0.1) is 11.7 Å². The number of benzene rings is 2. The highest BCUT2D eigenvalue weighted by molar-refractivity contribution is 5.74. The second kappa shape index (κ2) is 19.7. The fraction of sp³-hybridized carbons (Fsp3) is 0.649. The number of halogens is 2. The zero-order valence-electron chi connectivity index (χ0n) is 26.2. The van der Waals surface area contributed by atoms with Gasteiger partial charge in [-0.05, 0) is 86.1 Å². The Bertz CT molecular complexity index is 1010. The van der Waals surface area contributed by atoms with Gasteiger partial charge in [0.05, 0.1) is 6.61 Å². The summed E-state index contributed by atoms with van der Waals surface area (Å²) in [6.07, 6.45) is 17.2. The van der Waals surface area contributed by atoms with Gasteiger partial charge in [0.15, 0.2) is 17.7 Å². The third-order valence-electron chi connectivity index (χ3n) is 8.71. The van der Waals surface area contributed by atoms with Gasteiger partial charge in [-0.3, -0.25) is 0 Å². The van der Waals surface area contributed by atoms with E-state index in [9.17, 15) is 13.6 Å². The molecule has 1 fully saturated rings. The van der Waals surface area contributed by atoms with Crippen LogP contribution in [0.5, 0.6) is 5.75 Å². The average molecular weight is 585 g/mol. The molecule has 1 aliphatic carbocycles. The monoisotopic (exact) mass is 584 g/mol. The van der Waals surface area contributed by atoms with Crippen molar-refractivity contribution in [2.24, 2.45) is 5.92 Å². The Balaban J connectivity index is 1.33. The summed E-state index contributed by atoms with van der Waals surface area (Å²) >= 11 is 0. The normalized spacial score (nSPS) is 17.6. The van der Waals surface area contributed by atoms with Crippen LogP contribution in [0.25, 0.3) is 11.1 Å². The molecule has 0 radical (unpaired) electrons. The quantitative estimate of drug-likeness (QED) is 0.115. The molecule has 1 aliphatic rings. The average Bonchev–Trinajstić information content (AvgIpc) is 3.01. The topological polar surface area (TPSA) is 35.5 Å². The SMILES string of the molecule is CCCCCCCCCCCOc1ccc(-c2ccc(CC[C@H]3CC[C@H](OC(=O)[C@@H](F)CCCC)CC3)cc2)cc1F. The summed E-state index contributed by atoms with van der Waals surface area (Å²) in [5.74, 6) is -0.0570. The number of carbonyl (C=O) groups is 1. The molecule has 1 saturated carbocycles. The highest BCUT2D eigenvalue weighted by Gasteiger charge is 2.27. The van der Waals surface area contributed by atoms with Gasteiger partial charge >= 0.3 is 5.97 Å². The molecule has 0 aliphatic heterocycles. The molecule has 5 heteroatoms. The summed E-state index contributed by atoms with van der Waals surface area (Å²) in [6.45, 7) is 4.79. The lowest BCUT2D eigenvalue weighted by atomic mass is 9.83. The van der Waals surface area contributed by atoms with Gasteiger partial charge in [0, 0.05) is 0 Å². The molecule has 0 unspecified atom stereocenters. The van der Waals surface area contributed by atoms with E-state index in [1.807, 2.05) is 13.0 Å². The minimum absolute atomic E-state index is 0.139. The van der Waals surface area contributed by atoms with E-state index in [2.05, 4.69) is 31.2 Å². The van der Waals surface area contributed by atoms with Gasteiger partial charge in [0.2, 0.25) is 0 Å².